The van der Waals surface area contributed by atoms with E-state index in [1.807, 2.05) is 18.2 Å². The molecule has 3 fully saturated rings. The summed E-state index contributed by atoms with van der Waals surface area (Å²) in [6, 6.07) is 14.3. The van der Waals surface area contributed by atoms with Crippen LogP contribution in [0.2, 0.25) is 5.02 Å². The Hall–Kier alpha value is -2.81. The van der Waals surface area contributed by atoms with Crippen LogP contribution in [0.4, 0.5) is 5.69 Å². The summed E-state index contributed by atoms with van der Waals surface area (Å²) in [7, 11) is 0. The first kappa shape index (κ1) is 24.9. The summed E-state index contributed by atoms with van der Waals surface area (Å²) in [5.41, 5.74) is 1.17. The molecular formula is C27H27ClN2O5S. The number of aliphatic carboxylic acids is 1. The van der Waals surface area contributed by atoms with Gasteiger partial charge in [-0.25, -0.2) is 0 Å². The number of carbonyl (C=O) groups excluding carboxylic acids is 2. The number of thioether (sulfide) groups is 1. The number of hydrogen-bond donors (Lipinski definition) is 2. The number of anilines is 1. The van der Waals surface area contributed by atoms with Gasteiger partial charge in [-0.3, -0.25) is 14.4 Å². The SMILES string of the molecule is C=CCN(C(=O)C1N([C@H](CO)c2ccccc2)C(=O)[C@@H]2[C@H](C(=O)O)[C@@H]3CCC12S3)c1ccccc1Cl. The number of nitrogens with zero attached hydrogens (tertiary/aromatic N) is 2. The third kappa shape index (κ3) is 3.66. The molecule has 2 amide bonds. The fourth-order valence-electron chi connectivity index (χ4n) is 6.27. The molecule has 9 heteroatoms. The number of benzene rings is 2. The van der Waals surface area contributed by atoms with Gasteiger partial charge in [0.05, 0.1) is 39.9 Å². The predicted molar refractivity (Wildman–Crippen MR) is 139 cm³/mol. The predicted octanol–water partition coefficient (Wildman–Crippen LogP) is 3.77. The van der Waals surface area contributed by atoms with Gasteiger partial charge in [-0.2, -0.15) is 0 Å². The largest absolute Gasteiger partial charge is 0.481 e. The summed E-state index contributed by atoms with van der Waals surface area (Å²) in [6.45, 7) is 3.56. The normalized spacial score (nSPS) is 29.2. The van der Waals surface area contributed by atoms with Crippen molar-refractivity contribution in [2.24, 2.45) is 11.8 Å². The smallest absolute Gasteiger partial charge is 0.308 e. The van der Waals surface area contributed by atoms with Gasteiger partial charge in [-0.1, -0.05) is 60.1 Å². The number of likely N-dealkylation sites (tertiary alicyclic amines) is 1. The maximum atomic E-state index is 14.5. The second-order valence-corrected chi connectivity index (χ2v) is 11.4. The summed E-state index contributed by atoms with van der Waals surface area (Å²) < 4.78 is -0.898. The van der Waals surface area contributed by atoms with E-state index in [1.54, 1.807) is 42.5 Å². The molecule has 2 aromatic rings. The lowest BCUT2D eigenvalue weighted by Gasteiger charge is -2.39. The third-order valence-corrected chi connectivity index (χ3v) is 9.94. The first-order valence-electron chi connectivity index (χ1n) is 11.9. The third-order valence-electron chi connectivity index (χ3n) is 7.67. The van der Waals surface area contributed by atoms with Crippen molar-refractivity contribution in [1.82, 2.24) is 4.90 Å². The molecular weight excluding hydrogens is 500 g/mol. The van der Waals surface area contributed by atoms with Crippen molar-refractivity contribution < 1.29 is 24.6 Å². The standard InChI is InChI=1S/C27H27ClN2O5S/c1-2-14-29(18-11-7-6-10-17(18)28)25(33)23-27-13-12-20(36-27)21(26(34)35)22(27)24(32)30(23)19(15-31)16-8-4-3-5-9-16/h2-11,19-23,31H,1,12-15H2,(H,34,35)/t19-,20+,21-,22+,23?,27?/m1/s1. The highest BCUT2D eigenvalue weighted by atomic mass is 35.5. The number of para-hydroxylation sites is 1. The molecule has 3 aliphatic heterocycles. The van der Waals surface area contributed by atoms with Gasteiger partial charge in [0.25, 0.3) is 5.91 Å². The zero-order valence-electron chi connectivity index (χ0n) is 19.5. The molecule has 0 aromatic heterocycles. The average Bonchev–Trinajstić information content (AvgIpc) is 3.52. The number of aliphatic hydroxyl groups is 1. The van der Waals surface area contributed by atoms with Crippen LogP contribution in [-0.2, 0) is 14.4 Å². The molecule has 3 aliphatic rings. The first-order valence-corrected chi connectivity index (χ1v) is 13.2. The maximum absolute atomic E-state index is 14.5. The van der Waals surface area contributed by atoms with Crippen molar-refractivity contribution in [3.8, 4) is 0 Å². The number of amides is 2. The topological polar surface area (TPSA) is 98.2 Å². The van der Waals surface area contributed by atoms with Crippen LogP contribution < -0.4 is 4.90 Å². The average molecular weight is 527 g/mol. The molecule has 0 aliphatic carbocycles. The highest BCUT2D eigenvalue weighted by Crippen LogP contribution is 2.67. The number of fused-ring (bicyclic) bond motifs is 1. The number of aliphatic hydroxyl groups excluding tert-OH is 1. The molecule has 2 aromatic carbocycles. The molecule has 3 heterocycles. The van der Waals surface area contributed by atoms with Gasteiger partial charge in [-0.15, -0.1) is 18.3 Å². The van der Waals surface area contributed by atoms with Crippen molar-refractivity contribution in [1.29, 1.82) is 0 Å². The van der Waals surface area contributed by atoms with Gasteiger partial charge in [0, 0.05) is 11.8 Å². The molecule has 2 bridgehead atoms. The second kappa shape index (κ2) is 9.57. The van der Waals surface area contributed by atoms with Crippen LogP contribution in [0.5, 0.6) is 0 Å². The van der Waals surface area contributed by atoms with Crippen molar-refractivity contribution in [2.45, 2.75) is 34.9 Å². The van der Waals surface area contributed by atoms with Crippen LogP contribution in [0.3, 0.4) is 0 Å². The van der Waals surface area contributed by atoms with E-state index in [-0.39, 0.29) is 17.7 Å². The lowest BCUT2D eigenvalue weighted by molar-refractivity contribution is -0.149. The van der Waals surface area contributed by atoms with Gasteiger partial charge in [-0.05, 0) is 30.5 Å². The minimum atomic E-state index is -1.02. The quantitative estimate of drug-likeness (QED) is 0.508. The van der Waals surface area contributed by atoms with E-state index in [0.29, 0.717) is 29.1 Å². The Morgan fingerprint density at radius 1 is 1.22 bits per heavy atom. The van der Waals surface area contributed by atoms with E-state index >= 15 is 0 Å². The lowest BCUT2D eigenvalue weighted by atomic mass is 9.71. The molecule has 0 saturated carbocycles. The minimum absolute atomic E-state index is 0.160. The number of carboxylic acid groups (broad SMARTS) is 1. The van der Waals surface area contributed by atoms with Crippen molar-refractivity contribution in [3.05, 3.63) is 77.8 Å². The van der Waals surface area contributed by atoms with E-state index < -0.39 is 47.1 Å². The monoisotopic (exact) mass is 526 g/mol. The van der Waals surface area contributed by atoms with Crippen molar-refractivity contribution >= 4 is 46.8 Å². The van der Waals surface area contributed by atoms with Crippen molar-refractivity contribution in [2.75, 3.05) is 18.1 Å². The molecule has 36 heavy (non-hydrogen) atoms. The molecule has 0 radical (unpaired) electrons. The van der Waals surface area contributed by atoms with Crippen LogP contribution >= 0.6 is 23.4 Å². The maximum Gasteiger partial charge on any atom is 0.308 e. The van der Waals surface area contributed by atoms with E-state index in [2.05, 4.69) is 6.58 Å². The lowest BCUT2D eigenvalue weighted by Crippen LogP contribution is -2.56. The van der Waals surface area contributed by atoms with E-state index in [0.717, 1.165) is 0 Å². The van der Waals surface area contributed by atoms with Gasteiger partial charge < -0.3 is 20.0 Å². The number of carbonyl (C=O) groups is 3. The molecule has 188 valence electrons. The van der Waals surface area contributed by atoms with Crippen LogP contribution in [0.1, 0.15) is 24.4 Å². The number of carboxylic acids is 1. The van der Waals surface area contributed by atoms with E-state index in [1.165, 1.54) is 21.6 Å². The van der Waals surface area contributed by atoms with Gasteiger partial charge in [0.1, 0.15) is 6.04 Å². The molecule has 6 atom stereocenters. The molecule has 7 nitrogen and oxygen atoms in total. The minimum Gasteiger partial charge on any atom is -0.481 e. The second-order valence-electron chi connectivity index (χ2n) is 9.44. The van der Waals surface area contributed by atoms with Crippen LogP contribution in [0, 0.1) is 11.8 Å². The summed E-state index contributed by atoms with van der Waals surface area (Å²) in [5.74, 6) is -3.49. The Morgan fingerprint density at radius 2 is 1.92 bits per heavy atom. The summed E-state index contributed by atoms with van der Waals surface area (Å²) in [4.78, 5) is 43.8. The van der Waals surface area contributed by atoms with E-state index in [4.69, 9.17) is 11.6 Å². The van der Waals surface area contributed by atoms with Crippen molar-refractivity contribution in [3.63, 3.8) is 0 Å². The Morgan fingerprint density at radius 3 is 2.56 bits per heavy atom. The van der Waals surface area contributed by atoms with Gasteiger partial charge in [0.15, 0.2) is 0 Å². The zero-order valence-corrected chi connectivity index (χ0v) is 21.1. The van der Waals surface area contributed by atoms with Crippen LogP contribution in [-0.4, -0.2) is 62.1 Å². The molecule has 1 spiro atoms. The molecule has 2 N–H and O–H groups in total. The fraction of sp³-hybridized carbons (Fsp3) is 0.370. The highest BCUT2D eigenvalue weighted by molar-refractivity contribution is 8.02. The molecule has 3 saturated heterocycles. The molecule has 2 unspecified atom stereocenters. The highest BCUT2D eigenvalue weighted by Gasteiger charge is 2.74. The van der Waals surface area contributed by atoms with E-state index in [9.17, 15) is 24.6 Å². The summed E-state index contributed by atoms with van der Waals surface area (Å²) in [6.07, 6.45) is 2.76. The molecule has 5 rings (SSSR count). The van der Waals surface area contributed by atoms with Gasteiger partial charge >= 0.3 is 5.97 Å². The number of rotatable bonds is 8. The Kier molecular flexibility index (Phi) is 6.61. The van der Waals surface area contributed by atoms with Crippen LogP contribution in [0.25, 0.3) is 0 Å². The number of hydrogen-bond acceptors (Lipinski definition) is 5. The van der Waals surface area contributed by atoms with Gasteiger partial charge in [0.2, 0.25) is 5.91 Å². The number of halogens is 1. The summed E-state index contributed by atoms with van der Waals surface area (Å²) in [5, 5.41) is 20.7. The Bertz CT molecular complexity index is 1210. The Balaban J connectivity index is 1.67. The first-order chi connectivity index (χ1) is 17.4. The fourth-order valence-corrected chi connectivity index (χ4v) is 8.70. The summed E-state index contributed by atoms with van der Waals surface area (Å²) >= 11 is 7.93. The Labute approximate surface area is 218 Å². The van der Waals surface area contributed by atoms with Crippen LogP contribution in [0.15, 0.2) is 67.3 Å². The zero-order chi connectivity index (χ0) is 25.6.